The molecule has 3 heteroatoms. The Morgan fingerprint density at radius 1 is 1.12 bits per heavy atom. The van der Waals surface area contributed by atoms with Gasteiger partial charge in [-0.2, -0.15) is 0 Å². The maximum Gasteiger partial charge on any atom is 0.250 e. The van der Waals surface area contributed by atoms with Crippen LogP contribution < -0.4 is 10.3 Å². The molecule has 0 radical (unpaired) electrons. The van der Waals surface area contributed by atoms with E-state index >= 15 is 0 Å². The van der Waals surface area contributed by atoms with Crippen molar-refractivity contribution in [1.82, 2.24) is 4.98 Å². The number of H-pyrrole nitrogens is 1. The van der Waals surface area contributed by atoms with Crippen molar-refractivity contribution in [2.45, 2.75) is 13.8 Å². The fourth-order valence-electron chi connectivity index (χ4n) is 1.84. The Morgan fingerprint density at radius 3 is 2.47 bits per heavy atom. The summed E-state index contributed by atoms with van der Waals surface area (Å²) in [5, 5.41) is 0. The third-order valence-corrected chi connectivity index (χ3v) is 2.83. The molecular weight excluding hydrogens is 214 g/mol. The van der Waals surface area contributed by atoms with E-state index in [0.717, 1.165) is 28.0 Å². The van der Waals surface area contributed by atoms with Crippen LogP contribution in [0.25, 0.3) is 11.1 Å². The van der Waals surface area contributed by atoms with Crippen molar-refractivity contribution in [3.05, 3.63) is 51.9 Å². The number of aromatic amines is 1. The Kier molecular flexibility index (Phi) is 3.00. The minimum atomic E-state index is -0.0417. The van der Waals surface area contributed by atoms with Crippen molar-refractivity contribution in [2.24, 2.45) is 0 Å². The molecule has 0 aliphatic heterocycles. The van der Waals surface area contributed by atoms with Crippen LogP contribution in [0.1, 0.15) is 11.1 Å². The van der Waals surface area contributed by atoms with Crippen molar-refractivity contribution < 1.29 is 4.74 Å². The molecule has 88 valence electrons. The number of hydrogen-bond acceptors (Lipinski definition) is 2. The van der Waals surface area contributed by atoms with Crippen LogP contribution in [0.2, 0.25) is 0 Å². The van der Waals surface area contributed by atoms with Gasteiger partial charge in [-0.25, -0.2) is 0 Å². The molecule has 3 nitrogen and oxygen atoms in total. The van der Waals surface area contributed by atoms with Crippen molar-refractivity contribution in [1.29, 1.82) is 0 Å². The lowest BCUT2D eigenvalue weighted by Crippen LogP contribution is -2.08. The van der Waals surface area contributed by atoms with E-state index in [1.165, 1.54) is 0 Å². The minimum Gasteiger partial charge on any atom is -0.497 e. The van der Waals surface area contributed by atoms with Crippen LogP contribution in [0, 0.1) is 13.8 Å². The van der Waals surface area contributed by atoms with Crippen LogP contribution in [-0.2, 0) is 0 Å². The highest BCUT2D eigenvalue weighted by Crippen LogP contribution is 2.26. The fraction of sp³-hybridized carbons (Fsp3) is 0.214. The largest absolute Gasteiger partial charge is 0.497 e. The summed E-state index contributed by atoms with van der Waals surface area (Å²) in [6.07, 6.45) is 1.74. The average molecular weight is 229 g/mol. The van der Waals surface area contributed by atoms with Gasteiger partial charge in [-0.05, 0) is 48.7 Å². The third kappa shape index (κ3) is 2.23. The highest BCUT2D eigenvalue weighted by molar-refractivity contribution is 5.67. The molecule has 0 bridgehead atoms. The number of ether oxygens (including phenoxy) is 1. The molecule has 2 aromatic rings. The zero-order valence-corrected chi connectivity index (χ0v) is 10.2. The Morgan fingerprint density at radius 2 is 1.88 bits per heavy atom. The van der Waals surface area contributed by atoms with E-state index in [4.69, 9.17) is 4.74 Å². The normalized spacial score (nSPS) is 10.3. The average Bonchev–Trinajstić information content (AvgIpc) is 2.32. The summed E-state index contributed by atoms with van der Waals surface area (Å²) in [4.78, 5) is 14.0. The number of methoxy groups -OCH3 is 1. The van der Waals surface area contributed by atoms with Crippen LogP contribution in [0.4, 0.5) is 0 Å². The minimum absolute atomic E-state index is 0.0417. The Bertz CT molecular complexity index is 599. The molecule has 1 aromatic heterocycles. The zero-order chi connectivity index (χ0) is 12.4. The van der Waals surface area contributed by atoms with E-state index < -0.39 is 0 Å². The first-order chi connectivity index (χ1) is 8.11. The molecule has 0 aliphatic rings. The highest BCUT2D eigenvalue weighted by atomic mass is 16.5. The SMILES string of the molecule is COc1ccc(-c2c[nH]c(=O)c(C)c2)c(C)c1. The maximum atomic E-state index is 11.3. The summed E-state index contributed by atoms with van der Waals surface area (Å²) in [5.41, 5.74) is 3.92. The zero-order valence-electron chi connectivity index (χ0n) is 10.2. The maximum absolute atomic E-state index is 11.3. The van der Waals surface area contributed by atoms with Gasteiger partial charge in [0.1, 0.15) is 5.75 Å². The Labute approximate surface area is 100 Å². The second-order valence-electron chi connectivity index (χ2n) is 4.08. The molecule has 0 saturated heterocycles. The van der Waals surface area contributed by atoms with Crippen molar-refractivity contribution >= 4 is 0 Å². The molecule has 1 heterocycles. The predicted molar refractivity (Wildman–Crippen MR) is 68.5 cm³/mol. The van der Waals surface area contributed by atoms with Gasteiger partial charge in [0.2, 0.25) is 0 Å². The molecule has 0 amide bonds. The first-order valence-electron chi connectivity index (χ1n) is 5.46. The van der Waals surface area contributed by atoms with Gasteiger partial charge < -0.3 is 9.72 Å². The second-order valence-corrected chi connectivity index (χ2v) is 4.08. The Hall–Kier alpha value is -2.03. The summed E-state index contributed by atoms with van der Waals surface area (Å²) in [7, 11) is 1.65. The van der Waals surface area contributed by atoms with Gasteiger partial charge in [0, 0.05) is 11.8 Å². The summed E-state index contributed by atoms with van der Waals surface area (Å²) in [6, 6.07) is 7.80. The lowest BCUT2D eigenvalue weighted by molar-refractivity contribution is 0.414. The van der Waals surface area contributed by atoms with Crippen LogP contribution in [0.3, 0.4) is 0 Å². The number of aryl methyl sites for hydroxylation is 2. The quantitative estimate of drug-likeness (QED) is 0.860. The lowest BCUT2D eigenvalue weighted by atomic mass is 10.0. The third-order valence-electron chi connectivity index (χ3n) is 2.83. The predicted octanol–water partition coefficient (Wildman–Crippen LogP) is 2.67. The number of pyridine rings is 1. The van der Waals surface area contributed by atoms with E-state index in [1.54, 1.807) is 20.2 Å². The van der Waals surface area contributed by atoms with Crippen LogP contribution in [0.5, 0.6) is 5.75 Å². The topological polar surface area (TPSA) is 42.1 Å². The first-order valence-corrected chi connectivity index (χ1v) is 5.46. The molecule has 0 aliphatic carbocycles. The molecule has 0 spiro atoms. The van der Waals surface area contributed by atoms with Gasteiger partial charge >= 0.3 is 0 Å². The van der Waals surface area contributed by atoms with Gasteiger partial charge in [-0.15, -0.1) is 0 Å². The van der Waals surface area contributed by atoms with Crippen molar-refractivity contribution in [3.8, 4) is 16.9 Å². The molecule has 17 heavy (non-hydrogen) atoms. The number of aromatic nitrogens is 1. The molecular formula is C14H15NO2. The summed E-state index contributed by atoms with van der Waals surface area (Å²) >= 11 is 0. The molecule has 0 saturated carbocycles. The smallest absolute Gasteiger partial charge is 0.250 e. The van der Waals surface area contributed by atoms with Crippen LogP contribution in [-0.4, -0.2) is 12.1 Å². The molecule has 2 rings (SSSR count). The molecule has 1 N–H and O–H groups in total. The van der Waals surface area contributed by atoms with Crippen LogP contribution in [0.15, 0.2) is 35.3 Å². The van der Waals surface area contributed by atoms with Gasteiger partial charge in [-0.3, -0.25) is 4.79 Å². The highest BCUT2D eigenvalue weighted by Gasteiger charge is 2.04. The number of benzene rings is 1. The van der Waals surface area contributed by atoms with E-state index in [0.29, 0.717) is 0 Å². The van der Waals surface area contributed by atoms with Crippen LogP contribution >= 0.6 is 0 Å². The van der Waals surface area contributed by atoms with Gasteiger partial charge in [0.25, 0.3) is 5.56 Å². The molecule has 1 aromatic carbocycles. The van der Waals surface area contributed by atoms with Crippen molar-refractivity contribution in [2.75, 3.05) is 7.11 Å². The molecule has 0 atom stereocenters. The fourth-order valence-corrected chi connectivity index (χ4v) is 1.84. The van der Waals surface area contributed by atoms with E-state index in [2.05, 4.69) is 4.98 Å². The van der Waals surface area contributed by atoms with Gasteiger partial charge in [-0.1, -0.05) is 6.07 Å². The standard InChI is InChI=1S/C14H15NO2/c1-9-7-12(17-3)4-5-13(9)11-6-10(2)14(16)15-8-11/h4-8H,1-3H3,(H,15,16). The first kappa shape index (κ1) is 11.5. The Balaban J connectivity index is 2.53. The second kappa shape index (κ2) is 4.45. The summed E-state index contributed by atoms with van der Waals surface area (Å²) < 4.78 is 5.17. The molecule has 0 fully saturated rings. The van der Waals surface area contributed by atoms with Gasteiger partial charge in [0.15, 0.2) is 0 Å². The van der Waals surface area contributed by atoms with E-state index in [1.807, 2.05) is 31.2 Å². The molecule has 0 unspecified atom stereocenters. The van der Waals surface area contributed by atoms with Crippen molar-refractivity contribution in [3.63, 3.8) is 0 Å². The number of rotatable bonds is 2. The lowest BCUT2D eigenvalue weighted by Gasteiger charge is -2.08. The summed E-state index contributed by atoms with van der Waals surface area (Å²) in [6.45, 7) is 3.83. The van der Waals surface area contributed by atoms with E-state index in [-0.39, 0.29) is 5.56 Å². The number of hydrogen-bond donors (Lipinski definition) is 1. The summed E-state index contributed by atoms with van der Waals surface area (Å²) in [5.74, 6) is 0.840. The monoisotopic (exact) mass is 229 g/mol. The number of nitrogens with one attached hydrogen (secondary N) is 1. The van der Waals surface area contributed by atoms with E-state index in [9.17, 15) is 4.79 Å². The van der Waals surface area contributed by atoms with Gasteiger partial charge in [0.05, 0.1) is 7.11 Å².